The Morgan fingerprint density at radius 1 is 1.44 bits per heavy atom. The third-order valence-electron chi connectivity index (χ3n) is 2.01. The third kappa shape index (κ3) is 2.93. The topological polar surface area (TPSA) is 111 Å². The maximum absolute atomic E-state index is 10.9. The molecule has 0 aromatic carbocycles. The lowest BCUT2D eigenvalue weighted by Gasteiger charge is -2.22. The van der Waals surface area contributed by atoms with E-state index in [0.717, 1.165) is 0 Å². The van der Waals surface area contributed by atoms with Crippen LogP contribution in [0.4, 0.5) is 6.01 Å². The van der Waals surface area contributed by atoms with Gasteiger partial charge in [0.25, 0.3) is 0 Å². The molecule has 0 aliphatic rings. The van der Waals surface area contributed by atoms with Crippen LogP contribution in [-0.2, 0) is 4.79 Å². The molecule has 1 aromatic rings. The number of primary amides is 1. The van der Waals surface area contributed by atoms with Gasteiger partial charge in [-0.05, 0) is 20.8 Å². The van der Waals surface area contributed by atoms with E-state index in [0.29, 0.717) is 5.89 Å². The van der Waals surface area contributed by atoms with E-state index in [2.05, 4.69) is 10.2 Å². The molecule has 0 radical (unpaired) electrons. The van der Waals surface area contributed by atoms with E-state index in [1.807, 2.05) is 13.8 Å². The Balaban J connectivity index is 2.88. The lowest BCUT2D eigenvalue weighted by Crippen LogP contribution is -2.38. The number of nitrogens with zero attached hydrogens (tertiary/aromatic N) is 3. The van der Waals surface area contributed by atoms with E-state index in [-0.39, 0.29) is 24.6 Å². The maximum atomic E-state index is 10.9. The summed E-state index contributed by atoms with van der Waals surface area (Å²) in [4.78, 5) is 12.5. The van der Waals surface area contributed by atoms with Crippen molar-refractivity contribution in [3.05, 3.63) is 5.89 Å². The quantitative estimate of drug-likeness (QED) is 0.719. The second-order valence-corrected chi connectivity index (χ2v) is 3.90. The van der Waals surface area contributed by atoms with Crippen LogP contribution in [0.25, 0.3) is 0 Å². The summed E-state index contributed by atoms with van der Waals surface area (Å²) < 4.78 is 5.34. The van der Waals surface area contributed by atoms with Crippen LogP contribution in [-0.4, -0.2) is 28.7 Å². The molecule has 16 heavy (non-hydrogen) atoms. The number of carbonyl (C=O) groups is 1. The summed E-state index contributed by atoms with van der Waals surface area (Å²) in [5, 5.41) is 7.62. The van der Waals surface area contributed by atoms with Crippen LogP contribution in [0.1, 0.15) is 32.7 Å². The molecule has 0 saturated carbocycles. The molecule has 1 heterocycles. The van der Waals surface area contributed by atoms with Crippen LogP contribution < -0.4 is 16.4 Å². The fourth-order valence-electron chi connectivity index (χ4n) is 1.17. The van der Waals surface area contributed by atoms with Gasteiger partial charge in [0, 0.05) is 6.04 Å². The SMILES string of the molecule is CC(N)c1nnc(N(CC(N)=O)C(C)C)o1. The molecule has 0 spiro atoms. The zero-order valence-electron chi connectivity index (χ0n) is 9.67. The van der Waals surface area contributed by atoms with Crippen molar-refractivity contribution in [2.24, 2.45) is 11.5 Å². The zero-order valence-corrected chi connectivity index (χ0v) is 9.67. The van der Waals surface area contributed by atoms with Crippen LogP contribution in [0, 0.1) is 0 Å². The highest BCUT2D eigenvalue weighted by atomic mass is 16.4. The van der Waals surface area contributed by atoms with Crippen molar-refractivity contribution < 1.29 is 9.21 Å². The van der Waals surface area contributed by atoms with Crippen molar-refractivity contribution in [2.45, 2.75) is 32.9 Å². The Labute approximate surface area is 93.8 Å². The lowest BCUT2D eigenvalue weighted by molar-refractivity contribution is -0.116. The monoisotopic (exact) mass is 227 g/mol. The highest BCUT2D eigenvalue weighted by molar-refractivity contribution is 5.78. The summed E-state index contributed by atoms with van der Waals surface area (Å²) >= 11 is 0. The van der Waals surface area contributed by atoms with Gasteiger partial charge in [0.1, 0.15) is 6.54 Å². The molecule has 0 aliphatic carbocycles. The summed E-state index contributed by atoms with van der Waals surface area (Å²) in [5.74, 6) is -0.112. The van der Waals surface area contributed by atoms with E-state index in [1.54, 1.807) is 11.8 Å². The molecular weight excluding hydrogens is 210 g/mol. The van der Waals surface area contributed by atoms with Crippen molar-refractivity contribution in [3.8, 4) is 0 Å². The van der Waals surface area contributed by atoms with Gasteiger partial charge in [0.05, 0.1) is 6.04 Å². The van der Waals surface area contributed by atoms with Crippen LogP contribution >= 0.6 is 0 Å². The first-order valence-corrected chi connectivity index (χ1v) is 5.05. The van der Waals surface area contributed by atoms with Crippen molar-refractivity contribution in [1.82, 2.24) is 10.2 Å². The smallest absolute Gasteiger partial charge is 0.318 e. The minimum absolute atomic E-state index is 0.0360. The first-order valence-electron chi connectivity index (χ1n) is 5.05. The van der Waals surface area contributed by atoms with Gasteiger partial charge in [0.15, 0.2) is 0 Å². The molecule has 7 nitrogen and oxygen atoms in total. The first-order chi connectivity index (χ1) is 7.41. The minimum Gasteiger partial charge on any atom is -0.406 e. The summed E-state index contributed by atoms with van der Waals surface area (Å²) in [7, 11) is 0. The molecule has 7 heteroatoms. The molecule has 1 amide bonds. The summed E-state index contributed by atoms with van der Waals surface area (Å²) in [5.41, 5.74) is 10.7. The molecule has 1 unspecified atom stereocenters. The van der Waals surface area contributed by atoms with Crippen molar-refractivity contribution >= 4 is 11.9 Å². The fourth-order valence-corrected chi connectivity index (χ4v) is 1.17. The van der Waals surface area contributed by atoms with Crippen LogP contribution in [0.15, 0.2) is 4.42 Å². The number of anilines is 1. The number of amides is 1. The predicted molar refractivity (Wildman–Crippen MR) is 58.6 cm³/mol. The Morgan fingerprint density at radius 2 is 2.06 bits per heavy atom. The van der Waals surface area contributed by atoms with E-state index >= 15 is 0 Å². The number of carbonyl (C=O) groups excluding carboxylic acids is 1. The molecule has 1 aromatic heterocycles. The lowest BCUT2D eigenvalue weighted by atomic mass is 10.3. The summed E-state index contributed by atoms with van der Waals surface area (Å²) in [6.07, 6.45) is 0. The first kappa shape index (κ1) is 12.4. The number of aromatic nitrogens is 2. The zero-order chi connectivity index (χ0) is 12.3. The van der Waals surface area contributed by atoms with Gasteiger partial charge in [-0.2, -0.15) is 0 Å². The fraction of sp³-hybridized carbons (Fsp3) is 0.667. The predicted octanol–water partition coefficient (Wildman–Crippen LogP) is -0.211. The van der Waals surface area contributed by atoms with E-state index < -0.39 is 5.91 Å². The Hall–Kier alpha value is -1.63. The number of nitrogens with two attached hydrogens (primary N) is 2. The highest BCUT2D eigenvalue weighted by Gasteiger charge is 2.20. The van der Waals surface area contributed by atoms with E-state index in [9.17, 15) is 4.79 Å². The third-order valence-corrected chi connectivity index (χ3v) is 2.01. The van der Waals surface area contributed by atoms with Crippen LogP contribution in [0.3, 0.4) is 0 Å². The molecule has 4 N–H and O–H groups in total. The van der Waals surface area contributed by atoms with Crippen LogP contribution in [0.2, 0.25) is 0 Å². The number of rotatable bonds is 5. The maximum Gasteiger partial charge on any atom is 0.318 e. The van der Waals surface area contributed by atoms with Crippen molar-refractivity contribution in [3.63, 3.8) is 0 Å². The average molecular weight is 227 g/mol. The van der Waals surface area contributed by atoms with Gasteiger partial charge >= 0.3 is 6.01 Å². The summed E-state index contributed by atoms with van der Waals surface area (Å²) in [6, 6.07) is -0.0289. The molecule has 90 valence electrons. The molecule has 0 fully saturated rings. The molecular formula is C9H17N5O2. The minimum atomic E-state index is -0.450. The van der Waals surface area contributed by atoms with Gasteiger partial charge < -0.3 is 20.8 Å². The number of hydrogen-bond acceptors (Lipinski definition) is 6. The highest BCUT2D eigenvalue weighted by Crippen LogP contribution is 2.17. The van der Waals surface area contributed by atoms with Gasteiger partial charge in [0.2, 0.25) is 11.8 Å². The molecule has 0 aliphatic heterocycles. The molecule has 1 rings (SSSR count). The van der Waals surface area contributed by atoms with Gasteiger partial charge in [-0.3, -0.25) is 4.79 Å². The van der Waals surface area contributed by atoms with E-state index in [4.69, 9.17) is 15.9 Å². The Morgan fingerprint density at radius 3 is 2.44 bits per heavy atom. The van der Waals surface area contributed by atoms with Crippen molar-refractivity contribution in [1.29, 1.82) is 0 Å². The van der Waals surface area contributed by atoms with Crippen LogP contribution in [0.5, 0.6) is 0 Å². The Bertz CT molecular complexity index is 361. The van der Waals surface area contributed by atoms with Gasteiger partial charge in [-0.15, -0.1) is 5.10 Å². The second kappa shape index (κ2) is 4.93. The van der Waals surface area contributed by atoms with Gasteiger partial charge in [-0.1, -0.05) is 5.10 Å². The summed E-state index contributed by atoms with van der Waals surface area (Å²) in [6.45, 7) is 5.58. The molecule has 1 atom stereocenters. The van der Waals surface area contributed by atoms with E-state index in [1.165, 1.54) is 0 Å². The van der Waals surface area contributed by atoms with Gasteiger partial charge in [-0.25, -0.2) is 0 Å². The second-order valence-electron chi connectivity index (χ2n) is 3.90. The molecule has 0 bridgehead atoms. The average Bonchev–Trinajstić information content (AvgIpc) is 2.61. The van der Waals surface area contributed by atoms with Crippen molar-refractivity contribution in [2.75, 3.05) is 11.4 Å². The normalized spacial score (nSPS) is 12.8. The number of hydrogen-bond donors (Lipinski definition) is 2. The largest absolute Gasteiger partial charge is 0.406 e. The Kier molecular flexibility index (Phi) is 3.83. The molecule has 0 saturated heterocycles. The standard InChI is InChI=1S/C9H17N5O2/c1-5(2)14(4-7(11)15)9-13-12-8(16-9)6(3)10/h5-6H,4,10H2,1-3H3,(H2,11,15).